The summed E-state index contributed by atoms with van der Waals surface area (Å²) in [7, 11) is 0. The Balaban J connectivity index is 2.73. The van der Waals surface area contributed by atoms with E-state index >= 15 is 0 Å². The summed E-state index contributed by atoms with van der Waals surface area (Å²) in [5.74, 6) is -0.612. The van der Waals surface area contributed by atoms with E-state index in [0.717, 1.165) is 6.92 Å². The van der Waals surface area contributed by atoms with E-state index in [1.165, 1.54) is 13.0 Å². The average Bonchev–Trinajstić information content (AvgIpc) is 2.27. The number of ketones is 1. The van der Waals surface area contributed by atoms with Gasteiger partial charge in [0.05, 0.1) is 0 Å². The third-order valence-electron chi connectivity index (χ3n) is 2.32. The molecule has 3 nitrogen and oxygen atoms in total. The standard InChI is InChI=1S/C9H11F3O3/c1-5-3-6(13)8(2,7(5)14)15-4-9(10,11)12/h3,6,13H,4H2,1-2H3. The maximum absolute atomic E-state index is 11.9. The van der Waals surface area contributed by atoms with Gasteiger partial charge in [0, 0.05) is 0 Å². The van der Waals surface area contributed by atoms with Crippen LogP contribution in [0.1, 0.15) is 13.8 Å². The van der Waals surface area contributed by atoms with Crippen LogP contribution in [-0.4, -0.2) is 35.4 Å². The molecule has 0 amide bonds. The summed E-state index contributed by atoms with van der Waals surface area (Å²) in [6, 6.07) is 0. The van der Waals surface area contributed by atoms with Gasteiger partial charge in [-0.15, -0.1) is 0 Å². The minimum absolute atomic E-state index is 0.215. The molecule has 0 aromatic carbocycles. The Hall–Kier alpha value is -0.880. The van der Waals surface area contributed by atoms with E-state index in [9.17, 15) is 23.1 Å². The Morgan fingerprint density at radius 2 is 2.13 bits per heavy atom. The molecule has 0 heterocycles. The van der Waals surface area contributed by atoms with Crippen LogP contribution in [0.15, 0.2) is 11.6 Å². The quantitative estimate of drug-likeness (QED) is 0.767. The number of ether oxygens (including phenoxy) is 1. The van der Waals surface area contributed by atoms with Gasteiger partial charge in [-0.1, -0.05) is 0 Å². The summed E-state index contributed by atoms with van der Waals surface area (Å²) in [4.78, 5) is 11.4. The number of halogens is 3. The smallest absolute Gasteiger partial charge is 0.385 e. The number of carbonyl (C=O) groups excluding carboxylic acids is 1. The molecule has 6 heteroatoms. The molecule has 0 spiro atoms. The maximum atomic E-state index is 11.9. The van der Waals surface area contributed by atoms with Crippen molar-refractivity contribution in [1.29, 1.82) is 0 Å². The first kappa shape index (κ1) is 12.2. The highest BCUT2D eigenvalue weighted by Crippen LogP contribution is 2.31. The predicted octanol–water partition coefficient (Wildman–Crippen LogP) is 1.21. The van der Waals surface area contributed by atoms with Crippen molar-refractivity contribution < 1.29 is 27.8 Å². The van der Waals surface area contributed by atoms with Crippen LogP contribution in [0.4, 0.5) is 13.2 Å². The molecule has 2 unspecified atom stereocenters. The Morgan fingerprint density at radius 3 is 2.47 bits per heavy atom. The molecule has 0 aromatic heterocycles. The first-order chi connectivity index (χ1) is 6.67. The zero-order chi connectivity index (χ0) is 11.9. The summed E-state index contributed by atoms with van der Waals surface area (Å²) in [5.41, 5.74) is -1.59. The Labute approximate surface area is 84.5 Å². The number of rotatable bonds is 2. The molecule has 0 aromatic rings. The van der Waals surface area contributed by atoms with E-state index < -0.39 is 30.3 Å². The van der Waals surface area contributed by atoms with Gasteiger partial charge in [-0.3, -0.25) is 4.79 Å². The summed E-state index contributed by atoms with van der Waals surface area (Å²) >= 11 is 0. The number of Topliss-reactive ketones (excluding diaryl/α,β-unsaturated/α-hetero) is 1. The fourth-order valence-electron chi connectivity index (χ4n) is 1.38. The van der Waals surface area contributed by atoms with Crippen LogP contribution >= 0.6 is 0 Å². The van der Waals surface area contributed by atoms with Gasteiger partial charge in [0.25, 0.3) is 0 Å². The van der Waals surface area contributed by atoms with Crippen molar-refractivity contribution in [3.8, 4) is 0 Å². The Bertz CT molecular complexity index is 308. The van der Waals surface area contributed by atoms with Crippen LogP contribution in [-0.2, 0) is 9.53 Å². The van der Waals surface area contributed by atoms with Crippen molar-refractivity contribution in [2.24, 2.45) is 0 Å². The van der Waals surface area contributed by atoms with Gasteiger partial charge in [-0.05, 0) is 25.5 Å². The predicted molar refractivity (Wildman–Crippen MR) is 45.2 cm³/mol. The first-order valence-electron chi connectivity index (χ1n) is 4.29. The normalized spacial score (nSPS) is 32.0. The third kappa shape index (κ3) is 2.38. The summed E-state index contributed by atoms with van der Waals surface area (Å²) < 4.78 is 40.2. The molecule has 1 N–H and O–H groups in total. The molecule has 0 saturated carbocycles. The van der Waals surface area contributed by atoms with E-state index in [0.29, 0.717) is 0 Å². The first-order valence-corrected chi connectivity index (χ1v) is 4.29. The summed E-state index contributed by atoms with van der Waals surface area (Å²) in [6.07, 6.45) is -4.65. The molecular weight excluding hydrogens is 213 g/mol. The monoisotopic (exact) mass is 224 g/mol. The number of carbonyl (C=O) groups is 1. The fraction of sp³-hybridized carbons (Fsp3) is 0.667. The van der Waals surface area contributed by atoms with Gasteiger partial charge in [0.2, 0.25) is 0 Å². The number of aliphatic hydroxyl groups excluding tert-OH is 1. The van der Waals surface area contributed by atoms with Crippen molar-refractivity contribution >= 4 is 5.78 Å². The second-order valence-corrected chi connectivity index (χ2v) is 3.63. The third-order valence-corrected chi connectivity index (χ3v) is 2.32. The van der Waals surface area contributed by atoms with Crippen molar-refractivity contribution in [1.82, 2.24) is 0 Å². The van der Waals surface area contributed by atoms with E-state index in [1.807, 2.05) is 0 Å². The number of alkyl halides is 3. The lowest BCUT2D eigenvalue weighted by atomic mass is 9.99. The summed E-state index contributed by atoms with van der Waals surface area (Å²) in [5, 5.41) is 9.40. The zero-order valence-electron chi connectivity index (χ0n) is 8.26. The average molecular weight is 224 g/mol. The van der Waals surface area contributed by atoms with Crippen molar-refractivity contribution in [2.75, 3.05) is 6.61 Å². The molecule has 1 aliphatic carbocycles. The Kier molecular flexibility index (Phi) is 2.93. The SMILES string of the molecule is CC1=CC(O)C(C)(OCC(F)(F)F)C1=O. The van der Waals surface area contributed by atoms with Crippen LogP contribution < -0.4 is 0 Å². The molecule has 0 bridgehead atoms. The highest BCUT2D eigenvalue weighted by atomic mass is 19.4. The van der Waals surface area contributed by atoms with Crippen LogP contribution in [0, 0.1) is 0 Å². The molecular formula is C9H11F3O3. The van der Waals surface area contributed by atoms with Crippen LogP contribution in [0.2, 0.25) is 0 Å². The minimum Gasteiger partial charge on any atom is -0.385 e. The van der Waals surface area contributed by atoms with Gasteiger partial charge in [0.15, 0.2) is 11.4 Å². The van der Waals surface area contributed by atoms with Gasteiger partial charge in [-0.2, -0.15) is 13.2 Å². The fourth-order valence-corrected chi connectivity index (χ4v) is 1.38. The highest BCUT2D eigenvalue weighted by molar-refractivity contribution is 6.04. The van der Waals surface area contributed by atoms with E-state index in [-0.39, 0.29) is 5.57 Å². The number of aliphatic hydroxyl groups is 1. The Morgan fingerprint density at radius 1 is 1.60 bits per heavy atom. The summed E-state index contributed by atoms with van der Waals surface area (Å²) in [6.45, 7) is 1.03. The van der Waals surface area contributed by atoms with Gasteiger partial charge < -0.3 is 9.84 Å². The van der Waals surface area contributed by atoms with E-state index in [1.54, 1.807) is 0 Å². The molecule has 86 valence electrons. The van der Waals surface area contributed by atoms with Crippen LogP contribution in [0.25, 0.3) is 0 Å². The van der Waals surface area contributed by atoms with E-state index in [4.69, 9.17) is 0 Å². The van der Waals surface area contributed by atoms with Gasteiger partial charge >= 0.3 is 6.18 Å². The van der Waals surface area contributed by atoms with Crippen LogP contribution in [0.5, 0.6) is 0 Å². The topological polar surface area (TPSA) is 46.5 Å². The molecule has 1 rings (SSSR count). The largest absolute Gasteiger partial charge is 0.411 e. The lowest BCUT2D eigenvalue weighted by molar-refractivity contribution is -0.210. The van der Waals surface area contributed by atoms with Gasteiger partial charge in [0.1, 0.15) is 12.7 Å². The van der Waals surface area contributed by atoms with Crippen LogP contribution in [0.3, 0.4) is 0 Å². The van der Waals surface area contributed by atoms with Crippen molar-refractivity contribution in [3.05, 3.63) is 11.6 Å². The highest BCUT2D eigenvalue weighted by Gasteiger charge is 2.48. The molecule has 15 heavy (non-hydrogen) atoms. The number of hydrogen-bond donors (Lipinski definition) is 1. The van der Waals surface area contributed by atoms with Crippen molar-refractivity contribution in [2.45, 2.75) is 31.7 Å². The second-order valence-electron chi connectivity index (χ2n) is 3.63. The molecule has 0 radical (unpaired) electrons. The minimum atomic E-state index is -4.51. The molecule has 0 aliphatic heterocycles. The maximum Gasteiger partial charge on any atom is 0.411 e. The lowest BCUT2D eigenvalue weighted by Crippen LogP contribution is -2.46. The van der Waals surface area contributed by atoms with Gasteiger partial charge in [-0.25, -0.2) is 0 Å². The molecule has 1 aliphatic rings. The molecule has 2 atom stereocenters. The molecule has 0 fully saturated rings. The second kappa shape index (κ2) is 3.61. The molecule has 0 saturated heterocycles. The lowest BCUT2D eigenvalue weighted by Gasteiger charge is -2.27. The number of hydrogen-bond acceptors (Lipinski definition) is 3. The zero-order valence-corrected chi connectivity index (χ0v) is 8.26. The van der Waals surface area contributed by atoms with Crippen molar-refractivity contribution in [3.63, 3.8) is 0 Å². The van der Waals surface area contributed by atoms with E-state index in [2.05, 4.69) is 4.74 Å².